The highest BCUT2D eigenvalue weighted by Gasteiger charge is 2.33. The van der Waals surface area contributed by atoms with Crippen molar-refractivity contribution in [2.45, 2.75) is 26.2 Å². The third-order valence-electron chi connectivity index (χ3n) is 4.73. The Kier molecular flexibility index (Phi) is 6.36. The van der Waals surface area contributed by atoms with Gasteiger partial charge in [0, 0.05) is 13.8 Å². The Labute approximate surface area is 188 Å². The second-order valence-electron chi connectivity index (χ2n) is 7.12. The van der Waals surface area contributed by atoms with Gasteiger partial charge in [-0.1, -0.05) is 18.2 Å². The number of halogens is 6. The molecule has 12 heteroatoms. The molecule has 0 saturated carbocycles. The van der Waals surface area contributed by atoms with E-state index in [1.165, 1.54) is 0 Å². The molecule has 0 spiro atoms. The molecule has 178 valence electrons. The monoisotopic (exact) mass is 483 g/mol. The van der Waals surface area contributed by atoms with Crippen LogP contribution in [-0.2, 0) is 21.9 Å². The topological polar surface area (TPSA) is 72.3 Å². The molecule has 3 aromatic rings. The summed E-state index contributed by atoms with van der Waals surface area (Å²) in [5.74, 6) is -1.70. The van der Waals surface area contributed by atoms with Crippen LogP contribution < -0.4 is 10.5 Å². The Balaban J connectivity index is 2.37. The highest BCUT2D eigenvalue weighted by atomic mass is 19.4. The van der Waals surface area contributed by atoms with E-state index in [0.29, 0.717) is 21.7 Å². The van der Waals surface area contributed by atoms with E-state index in [4.69, 9.17) is 0 Å². The molecule has 0 bridgehead atoms. The van der Waals surface area contributed by atoms with Gasteiger partial charge >= 0.3 is 12.4 Å². The number of nitrogens with zero attached hydrogens (tertiary/aromatic N) is 3. The zero-order valence-electron chi connectivity index (χ0n) is 17.5. The lowest BCUT2D eigenvalue weighted by Crippen LogP contribution is -2.36. The van der Waals surface area contributed by atoms with Crippen molar-refractivity contribution >= 4 is 17.5 Å². The molecule has 0 radical (unpaired) electrons. The first-order chi connectivity index (χ1) is 15.7. The van der Waals surface area contributed by atoms with Crippen LogP contribution >= 0.6 is 0 Å². The van der Waals surface area contributed by atoms with Crippen molar-refractivity contribution < 1.29 is 35.9 Å². The average Bonchev–Trinajstić information content (AvgIpc) is 2.72. The Morgan fingerprint density at radius 3 is 1.91 bits per heavy atom. The van der Waals surface area contributed by atoms with Crippen LogP contribution in [0.15, 0.2) is 59.5 Å². The fourth-order valence-corrected chi connectivity index (χ4v) is 3.30. The molecule has 34 heavy (non-hydrogen) atoms. The molecule has 0 aliphatic heterocycles. The van der Waals surface area contributed by atoms with Crippen LogP contribution in [0, 0.1) is 0 Å². The molecule has 0 saturated heterocycles. The van der Waals surface area contributed by atoms with Crippen LogP contribution in [-0.4, -0.2) is 21.6 Å². The number of aromatic nitrogens is 2. The van der Waals surface area contributed by atoms with Gasteiger partial charge in [0.15, 0.2) is 0 Å². The smallest absolute Gasteiger partial charge is 0.274 e. The lowest BCUT2D eigenvalue weighted by atomic mass is 10.0. The molecule has 1 heterocycles. The predicted molar refractivity (Wildman–Crippen MR) is 109 cm³/mol. The van der Waals surface area contributed by atoms with E-state index in [0.717, 1.165) is 56.4 Å². The van der Waals surface area contributed by atoms with Gasteiger partial charge in [-0.25, -0.2) is 4.90 Å². The quantitative estimate of drug-likeness (QED) is 0.500. The molecule has 1 aromatic heterocycles. The summed E-state index contributed by atoms with van der Waals surface area (Å²) in [4.78, 5) is 38.1. The molecule has 2 amide bonds. The minimum absolute atomic E-state index is 0.314. The Bertz CT molecular complexity index is 1310. The average molecular weight is 483 g/mol. The van der Waals surface area contributed by atoms with Crippen LogP contribution in [0.25, 0.3) is 16.8 Å². The summed E-state index contributed by atoms with van der Waals surface area (Å²) in [7, 11) is 0. The van der Waals surface area contributed by atoms with E-state index in [9.17, 15) is 40.7 Å². The minimum atomic E-state index is -4.77. The number of rotatable bonds is 3. The van der Waals surface area contributed by atoms with Gasteiger partial charge < -0.3 is 0 Å². The highest BCUT2D eigenvalue weighted by molar-refractivity contribution is 6.15. The largest absolute Gasteiger partial charge is 0.416 e. The molecule has 3 rings (SSSR count). The van der Waals surface area contributed by atoms with Crippen LogP contribution in [0.1, 0.15) is 25.0 Å². The van der Waals surface area contributed by atoms with Gasteiger partial charge in [-0.3, -0.25) is 14.4 Å². The summed E-state index contributed by atoms with van der Waals surface area (Å²) in [5, 5.41) is 3.78. The van der Waals surface area contributed by atoms with E-state index in [2.05, 4.69) is 5.10 Å². The second-order valence-corrected chi connectivity index (χ2v) is 7.12. The first-order valence-electron chi connectivity index (χ1n) is 9.50. The number of carbonyl (C=O) groups excluding carboxylic acids is 2. The molecule has 0 fully saturated rings. The third kappa shape index (κ3) is 4.85. The van der Waals surface area contributed by atoms with Crippen molar-refractivity contribution in [3.63, 3.8) is 0 Å². The molecular weight excluding hydrogens is 468 g/mol. The maximum absolute atomic E-state index is 13.4. The number of alkyl halides is 6. The Hall–Kier alpha value is -3.96. The van der Waals surface area contributed by atoms with E-state index in [1.54, 1.807) is 0 Å². The zero-order chi connectivity index (χ0) is 25.4. The number of carbonyl (C=O) groups is 2. The van der Waals surface area contributed by atoms with E-state index < -0.39 is 52.1 Å². The molecule has 0 atom stereocenters. The van der Waals surface area contributed by atoms with Gasteiger partial charge in [-0.15, -0.1) is 0 Å². The third-order valence-corrected chi connectivity index (χ3v) is 4.73. The van der Waals surface area contributed by atoms with Gasteiger partial charge in [-0.2, -0.15) is 36.1 Å². The molecule has 0 aliphatic rings. The van der Waals surface area contributed by atoms with Crippen molar-refractivity contribution in [2.75, 3.05) is 4.90 Å². The molecule has 0 unspecified atom stereocenters. The summed E-state index contributed by atoms with van der Waals surface area (Å²) in [5.41, 5.74) is -4.91. The van der Waals surface area contributed by atoms with Crippen LogP contribution in [0.3, 0.4) is 0 Å². The summed E-state index contributed by atoms with van der Waals surface area (Å²) < 4.78 is 79.8. The maximum atomic E-state index is 13.4. The fourth-order valence-electron chi connectivity index (χ4n) is 3.30. The first-order valence-corrected chi connectivity index (χ1v) is 9.50. The van der Waals surface area contributed by atoms with E-state index in [-0.39, 0.29) is 11.3 Å². The summed E-state index contributed by atoms with van der Waals surface area (Å²) in [6.45, 7) is 1.99. The normalized spacial score (nSPS) is 11.9. The van der Waals surface area contributed by atoms with Crippen molar-refractivity contribution in [3.8, 4) is 16.8 Å². The Morgan fingerprint density at radius 1 is 0.853 bits per heavy atom. The number of hydrogen-bond acceptors (Lipinski definition) is 4. The number of anilines is 1. The second kappa shape index (κ2) is 8.76. The van der Waals surface area contributed by atoms with Gasteiger partial charge in [-0.05, 0) is 35.9 Å². The van der Waals surface area contributed by atoms with Crippen molar-refractivity contribution in [1.29, 1.82) is 0 Å². The van der Waals surface area contributed by atoms with Gasteiger partial charge in [0.1, 0.15) is 0 Å². The molecule has 0 aliphatic carbocycles. The van der Waals surface area contributed by atoms with Crippen LogP contribution in [0.4, 0.5) is 32.0 Å². The van der Waals surface area contributed by atoms with Gasteiger partial charge in [0.2, 0.25) is 11.8 Å². The molecule has 0 N–H and O–H groups in total. The number of imide groups is 1. The van der Waals surface area contributed by atoms with Crippen LogP contribution in [0.5, 0.6) is 0 Å². The highest BCUT2D eigenvalue weighted by Crippen LogP contribution is 2.35. The predicted octanol–water partition coefficient (Wildman–Crippen LogP) is 4.84. The zero-order valence-corrected chi connectivity index (χ0v) is 17.5. The summed E-state index contributed by atoms with van der Waals surface area (Å²) in [6, 6.07) is 7.13. The van der Waals surface area contributed by atoms with Crippen LogP contribution in [0.2, 0.25) is 0 Å². The van der Waals surface area contributed by atoms with Crippen molar-refractivity contribution in [3.05, 3.63) is 76.2 Å². The molecule has 6 nitrogen and oxygen atoms in total. The Morgan fingerprint density at radius 2 is 1.38 bits per heavy atom. The summed E-state index contributed by atoms with van der Waals surface area (Å²) in [6.07, 6.45) is -8.65. The number of amides is 2. The lowest BCUT2D eigenvalue weighted by molar-refractivity contribution is -0.138. The standard InChI is InChI=1S/C22H15F6N3O3/c1-12(32)30(13(2)33)18-11-29-31(17-8-4-7-16(10-17)22(26,27)28)20(34)19(18)14-5-3-6-15(9-14)21(23,24)25/h3-11H,1-2H3. The minimum Gasteiger partial charge on any atom is -0.274 e. The molecular formula is C22H15F6N3O3. The van der Waals surface area contributed by atoms with Gasteiger partial charge in [0.05, 0.1) is 34.3 Å². The van der Waals surface area contributed by atoms with Crippen molar-refractivity contribution in [2.24, 2.45) is 0 Å². The van der Waals surface area contributed by atoms with E-state index >= 15 is 0 Å². The molecule has 2 aromatic carbocycles. The van der Waals surface area contributed by atoms with E-state index in [1.807, 2.05) is 0 Å². The fraction of sp³-hybridized carbons (Fsp3) is 0.182. The summed E-state index contributed by atoms with van der Waals surface area (Å²) >= 11 is 0. The number of benzene rings is 2. The number of hydrogen-bond donors (Lipinski definition) is 0. The van der Waals surface area contributed by atoms with Gasteiger partial charge in [0.25, 0.3) is 5.56 Å². The maximum Gasteiger partial charge on any atom is 0.416 e. The van der Waals surface area contributed by atoms with Crippen molar-refractivity contribution in [1.82, 2.24) is 9.78 Å². The SMILES string of the molecule is CC(=O)N(C(C)=O)c1cnn(-c2cccc(C(F)(F)F)c2)c(=O)c1-c1cccc(C(F)(F)F)c1. The lowest BCUT2D eigenvalue weighted by Gasteiger charge is -2.21. The first kappa shape index (κ1) is 24.7.